The normalized spacial score (nSPS) is 12.4. The molecule has 0 aliphatic carbocycles. The molecule has 0 bridgehead atoms. The zero-order valence-corrected chi connectivity index (χ0v) is 9.65. The Labute approximate surface area is 96.4 Å². The molecule has 1 unspecified atom stereocenters. The molecule has 0 aliphatic rings. The third-order valence-corrected chi connectivity index (χ3v) is 2.38. The number of nitrogens with two attached hydrogens (primary N) is 1. The zero-order chi connectivity index (χ0) is 11.8. The molecule has 0 aromatic heterocycles. The molecule has 0 heterocycles. The van der Waals surface area contributed by atoms with Gasteiger partial charge in [0.25, 0.3) is 0 Å². The highest BCUT2D eigenvalue weighted by Crippen LogP contribution is 2.12. The quantitative estimate of drug-likeness (QED) is 0.577. The van der Waals surface area contributed by atoms with Crippen molar-refractivity contribution in [1.29, 1.82) is 0 Å². The zero-order valence-electron chi connectivity index (χ0n) is 9.65. The van der Waals surface area contributed by atoms with Crippen LogP contribution >= 0.6 is 0 Å². The Morgan fingerprint density at radius 1 is 1.50 bits per heavy atom. The maximum absolute atomic E-state index is 9.23. The fraction of sp³-hybridized carbons (Fsp3) is 0.500. The maximum atomic E-state index is 9.23. The van der Waals surface area contributed by atoms with E-state index in [9.17, 15) is 5.11 Å². The van der Waals surface area contributed by atoms with Crippen LogP contribution in [0.2, 0.25) is 0 Å². The van der Waals surface area contributed by atoms with Crippen LogP contribution in [0.4, 0.5) is 0 Å². The third-order valence-electron chi connectivity index (χ3n) is 2.38. The first-order chi connectivity index (χ1) is 7.76. The standard InChI is InChI=1S/C12H20N2O2/c1-16-12-4-2-3-10(7-12)5-6-14-9-11(15)8-13/h2-4,7,11,14-15H,5-6,8-9,13H2,1H3. The van der Waals surface area contributed by atoms with Gasteiger partial charge in [-0.2, -0.15) is 0 Å². The molecular weight excluding hydrogens is 204 g/mol. The van der Waals surface area contributed by atoms with Gasteiger partial charge in [-0.3, -0.25) is 0 Å². The summed E-state index contributed by atoms with van der Waals surface area (Å²) in [5.74, 6) is 0.875. The number of hydrogen-bond acceptors (Lipinski definition) is 4. The van der Waals surface area contributed by atoms with E-state index < -0.39 is 6.10 Å². The minimum atomic E-state index is -0.453. The highest BCUT2D eigenvalue weighted by atomic mass is 16.5. The van der Waals surface area contributed by atoms with Crippen LogP contribution in [-0.4, -0.2) is 38.0 Å². The van der Waals surface area contributed by atoms with Crippen LogP contribution in [0.25, 0.3) is 0 Å². The van der Waals surface area contributed by atoms with Crippen molar-refractivity contribution < 1.29 is 9.84 Å². The molecule has 4 nitrogen and oxygen atoms in total. The lowest BCUT2D eigenvalue weighted by molar-refractivity contribution is 0.180. The Hall–Kier alpha value is -1.10. The highest BCUT2D eigenvalue weighted by Gasteiger charge is 2.00. The molecule has 0 spiro atoms. The summed E-state index contributed by atoms with van der Waals surface area (Å²) < 4.78 is 5.14. The van der Waals surface area contributed by atoms with E-state index in [-0.39, 0.29) is 0 Å². The van der Waals surface area contributed by atoms with Crippen LogP contribution in [0, 0.1) is 0 Å². The molecule has 4 N–H and O–H groups in total. The van der Waals surface area contributed by atoms with Gasteiger partial charge in [-0.05, 0) is 30.7 Å². The SMILES string of the molecule is COc1cccc(CCNCC(O)CN)c1. The number of benzene rings is 1. The average Bonchev–Trinajstić information content (AvgIpc) is 2.34. The van der Waals surface area contributed by atoms with E-state index in [0.29, 0.717) is 13.1 Å². The number of aliphatic hydroxyl groups excluding tert-OH is 1. The Kier molecular flexibility index (Phi) is 5.85. The van der Waals surface area contributed by atoms with E-state index in [0.717, 1.165) is 18.7 Å². The molecule has 1 aromatic rings. The number of aliphatic hydroxyl groups is 1. The lowest BCUT2D eigenvalue weighted by Crippen LogP contribution is -2.33. The first kappa shape index (κ1) is 13.0. The monoisotopic (exact) mass is 224 g/mol. The van der Waals surface area contributed by atoms with Gasteiger partial charge < -0.3 is 20.9 Å². The minimum absolute atomic E-state index is 0.298. The molecule has 0 radical (unpaired) electrons. The van der Waals surface area contributed by atoms with E-state index in [1.54, 1.807) is 7.11 Å². The van der Waals surface area contributed by atoms with Crippen molar-refractivity contribution in [3.63, 3.8) is 0 Å². The van der Waals surface area contributed by atoms with Crippen LogP contribution in [0.3, 0.4) is 0 Å². The Balaban J connectivity index is 2.26. The molecule has 1 aromatic carbocycles. The molecule has 1 atom stereocenters. The summed E-state index contributed by atoms with van der Waals surface area (Å²) in [5, 5.41) is 12.4. The Morgan fingerprint density at radius 2 is 2.31 bits per heavy atom. The number of methoxy groups -OCH3 is 1. The van der Waals surface area contributed by atoms with Gasteiger partial charge in [0, 0.05) is 13.1 Å². The number of ether oxygens (including phenoxy) is 1. The van der Waals surface area contributed by atoms with Gasteiger partial charge in [0.05, 0.1) is 13.2 Å². The van der Waals surface area contributed by atoms with Crippen molar-refractivity contribution in [2.45, 2.75) is 12.5 Å². The lowest BCUT2D eigenvalue weighted by Gasteiger charge is -2.09. The fourth-order valence-corrected chi connectivity index (χ4v) is 1.41. The van der Waals surface area contributed by atoms with Crippen LogP contribution < -0.4 is 15.8 Å². The molecule has 4 heteroatoms. The minimum Gasteiger partial charge on any atom is -0.497 e. The number of nitrogens with one attached hydrogen (secondary N) is 1. The summed E-state index contributed by atoms with van der Waals surface area (Å²) in [6.45, 7) is 1.66. The Bertz CT molecular complexity index is 305. The second-order valence-corrected chi connectivity index (χ2v) is 3.70. The number of rotatable bonds is 7. The summed E-state index contributed by atoms with van der Waals surface area (Å²) >= 11 is 0. The van der Waals surface area contributed by atoms with Crippen molar-refractivity contribution in [2.75, 3.05) is 26.7 Å². The van der Waals surface area contributed by atoms with Gasteiger partial charge in [0.15, 0.2) is 0 Å². The van der Waals surface area contributed by atoms with Gasteiger partial charge in [0.1, 0.15) is 5.75 Å². The molecule has 0 aliphatic heterocycles. The summed E-state index contributed by atoms with van der Waals surface area (Å²) in [7, 11) is 1.66. The van der Waals surface area contributed by atoms with Gasteiger partial charge in [-0.15, -0.1) is 0 Å². The van der Waals surface area contributed by atoms with Crippen LogP contribution in [-0.2, 0) is 6.42 Å². The smallest absolute Gasteiger partial charge is 0.119 e. The molecule has 0 fully saturated rings. The molecular formula is C12H20N2O2. The van der Waals surface area contributed by atoms with Gasteiger partial charge in [0.2, 0.25) is 0 Å². The van der Waals surface area contributed by atoms with E-state index in [1.807, 2.05) is 18.2 Å². The molecule has 0 amide bonds. The molecule has 1 rings (SSSR count). The fourth-order valence-electron chi connectivity index (χ4n) is 1.41. The summed E-state index contributed by atoms with van der Waals surface area (Å²) in [5.41, 5.74) is 6.51. The van der Waals surface area contributed by atoms with E-state index in [4.69, 9.17) is 10.5 Å². The van der Waals surface area contributed by atoms with Gasteiger partial charge >= 0.3 is 0 Å². The molecule has 16 heavy (non-hydrogen) atoms. The second-order valence-electron chi connectivity index (χ2n) is 3.70. The van der Waals surface area contributed by atoms with E-state index in [1.165, 1.54) is 5.56 Å². The first-order valence-electron chi connectivity index (χ1n) is 5.48. The predicted molar refractivity (Wildman–Crippen MR) is 64.6 cm³/mol. The lowest BCUT2D eigenvalue weighted by atomic mass is 10.1. The van der Waals surface area contributed by atoms with Crippen molar-refractivity contribution in [3.05, 3.63) is 29.8 Å². The third kappa shape index (κ3) is 4.61. The summed E-state index contributed by atoms with van der Waals surface area (Å²) in [4.78, 5) is 0. The van der Waals surface area contributed by atoms with Crippen molar-refractivity contribution >= 4 is 0 Å². The van der Waals surface area contributed by atoms with Crippen LogP contribution in [0.1, 0.15) is 5.56 Å². The molecule has 0 saturated carbocycles. The topological polar surface area (TPSA) is 67.5 Å². The molecule has 90 valence electrons. The van der Waals surface area contributed by atoms with Crippen LogP contribution in [0.5, 0.6) is 5.75 Å². The summed E-state index contributed by atoms with van der Waals surface area (Å²) in [6, 6.07) is 7.97. The van der Waals surface area contributed by atoms with E-state index in [2.05, 4.69) is 11.4 Å². The number of hydrogen-bond donors (Lipinski definition) is 3. The Morgan fingerprint density at radius 3 is 3.00 bits per heavy atom. The van der Waals surface area contributed by atoms with Crippen molar-refractivity contribution in [3.8, 4) is 5.75 Å². The largest absolute Gasteiger partial charge is 0.497 e. The first-order valence-corrected chi connectivity index (χ1v) is 5.48. The van der Waals surface area contributed by atoms with Crippen LogP contribution in [0.15, 0.2) is 24.3 Å². The predicted octanol–water partition coefficient (Wildman–Crippen LogP) is 0.147. The average molecular weight is 224 g/mol. The maximum Gasteiger partial charge on any atom is 0.119 e. The van der Waals surface area contributed by atoms with Crippen molar-refractivity contribution in [2.24, 2.45) is 5.73 Å². The molecule has 0 saturated heterocycles. The highest BCUT2D eigenvalue weighted by molar-refractivity contribution is 5.28. The second kappa shape index (κ2) is 7.22. The van der Waals surface area contributed by atoms with Crippen molar-refractivity contribution in [1.82, 2.24) is 5.32 Å². The van der Waals surface area contributed by atoms with Gasteiger partial charge in [-0.25, -0.2) is 0 Å². The van der Waals surface area contributed by atoms with E-state index >= 15 is 0 Å². The van der Waals surface area contributed by atoms with Gasteiger partial charge in [-0.1, -0.05) is 12.1 Å². The summed E-state index contributed by atoms with van der Waals surface area (Å²) in [6.07, 6.45) is 0.458.